The summed E-state index contributed by atoms with van der Waals surface area (Å²) in [6.07, 6.45) is 0.0716. The fraction of sp³-hybridized carbons (Fsp3) is 0.467. The summed E-state index contributed by atoms with van der Waals surface area (Å²) in [7, 11) is 9.86. The molecule has 112 valence electrons. The molecular formula is C15H22N5O+. The van der Waals surface area contributed by atoms with E-state index in [1.54, 1.807) is 9.80 Å². The number of para-hydroxylation sites is 1. The van der Waals surface area contributed by atoms with Crippen molar-refractivity contribution in [2.45, 2.75) is 12.3 Å². The van der Waals surface area contributed by atoms with Gasteiger partial charge in [-0.3, -0.25) is 9.80 Å². The fourth-order valence-electron chi connectivity index (χ4n) is 3.52. The molecule has 0 aliphatic carbocycles. The molecule has 1 aromatic rings. The topological polar surface area (TPSA) is 33.0 Å². The predicted molar refractivity (Wildman–Crippen MR) is 82.3 cm³/mol. The van der Waals surface area contributed by atoms with Crippen LogP contribution in [0.4, 0.5) is 10.5 Å². The number of likely N-dealkylation sites (N-methyl/N-ethyl adjacent to an activating group) is 4. The highest BCUT2D eigenvalue weighted by atomic mass is 16.2. The lowest BCUT2D eigenvalue weighted by atomic mass is 10.3. The first-order valence-electron chi connectivity index (χ1n) is 7.06. The van der Waals surface area contributed by atoms with Gasteiger partial charge in [-0.15, -0.1) is 0 Å². The minimum atomic E-state index is 0.0358. The van der Waals surface area contributed by atoms with Gasteiger partial charge >= 0.3 is 12.0 Å². The van der Waals surface area contributed by atoms with Gasteiger partial charge in [-0.1, -0.05) is 18.2 Å². The second kappa shape index (κ2) is 4.65. The molecule has 6 nitrogen and oxygen atoms in total. The molecule has 2 atom stereocenters. The number of nitrogens with zero attached hydrogens (tertiary/aromatic N) is 5. The van der Waals surface area contributed by atoms with Crippen LogP contribution in [0.25, 0.3) is 0 Å². The number of anilines is 1. The Morgan fingerprint density at radius 2 is 1.67 bits per heavy atom. The van der Waals surface area contributed by atoms with Crippen LogP contribution in [0.1, 0.15) is 0 Å². The van der Waals surface area contributed by atoms with Gasteiger partial charge in [0, 0.05) is 14.1 Å². The molecule has 1 fully saturated rings. The van der Waals surface area contributed by atoms with Crippen LogP contribution in [0.2, 0.25) is 0 Å². The minimum Gasteiger partial charge on any atom is -0.290 e. The van der Waals surface area contributed by atoms with E-state index in [1.165, 1.54) is 0 Å². The van der Waals surface area contributed by atoms with Crippen molar-refractivity contribution >= 4 is 17.7 Å². The zero-order chi connectivity index (χ0) is 15.3. The summed E-state index contributed by atoms with van der Waals surface area (Å²) in [5, 5.41) is 0. The number of fused-ring (bicyclic) bond motifs is 1. The Labute approximate surface area is 125 Å². The monoisotopic (exact) mass is 288 g/mol. The molecule has 2 aliphatic heterocycles. The van der Waals surface area contributed by atoms with E-state index < -0.39 is 0 Å². The van der Waals surface area contributed by atoms with E-state index in [-0.39, 0.29) is 18.4 Å². The Bertz CT molecular complexity index is 599. The Kier molecular flexibility index (Phi) is 3.04. The van der Waals surface area contributed by atoms with Crippen LogP contribution in [-0.2, 0) is 0 Å². The lowest BCUT2D eigenvalue weighted by Gasteiger charge is -2.24. The van der Waals surface area contributed by atoms with Gasteiger partial charge in [-0.2, -0.15) is 0 Å². The molecule has 1 saturated heterocycles. The number of guanidine groups is 1. The zero-order valence-electron chi connectivity index (χ0n) is 13.2. The molecule has 1 aromatic carbocycles. The molecule has 0 bridgehead atoms. The number of urea groups is 1. The van der Waals surface area contributed by atoms with Gasteiger partial charge in [-0.05, 0) is 12.1 Å². The summed E-state index contributed by atoms with van der Waals surface area (Å²) in [5.74, 6) is 1.09. The molecular weight excluding hydrogens is 266 g/mol. The maximum atomic E-state index is 12.1. The molecule has 2 aliphatic rings. The molecule has 2 heterocycles. The van der Waals surface area contributed by atoms with Crippen LogP contribution in [0.5, 0.6) is 0 Å². The van der Waals surface area contributed by atoms with Crippen molar-refractivity contribution in [1.29, 1.82) is 0 Å². The number of rotatable bonds is 1. The van der Waals surface area contributed by atoms with Crippen molar-refractivity contribution in [3.63, 3.8) is 0 Å². The molecule has 0 spiro atoms. The van der Waals surface area contributed by atoms with Gasteiger partial charge in [0.05, 0.1) is 21.1 Å². The van der Waals surface area contributed by atoms with E-state index in [4.69, 9.17) is 0 Å². The molecule has 0 saturated carbocycles. The summed E-state index contributed by atoms with van der Waals surface area (Å²) >= 11 is 0. The third-order valence-corrected chi connectivity index (χ3v) is 4.53. The Balaban J connectivity index is 2.00. The minimum absolute atomic E-state index is 0.0358. The van der Waals surface area contributed by atoms with Gasteiger partial charge in [0.15, 0.2) is 0 Å². The first-order valence-corrected chi connectivity index (χ1v) is 7.06. The van der Waals surface area contributed by atoms with E-state index in [1.807, 2.05) is 46.4 Å². The van der Waals surface area contributed by atoms with E-state index >= 15 is 0 Å². The van der Waals surface area contributed by atoms with Crippen molar-refractivity contribution in [1.82, 2.24) is 14.7 Å². The van der Waals surface area contributed by atoms with Gasteiger partial charge < -0.3 is 0 Å². The maximum absolute atomic E-state index is 12.1. The Hall–Kier alpha value is -2.24. The predicted octanol–water partition coefficient (Wildman–Crippen LogP) is 0.716. The summed E-state index contributed by atoms with van der Waals surface area (Å²) in [6.45, 7) is 0. The van der Waals surface area contributed by atoms with Crippen LogP contribution in [0, 0.1) is 0 Å². The van der Waals surface area contributed by atoms with Gasteiger partial charge in [-0.25, -0.2) is 19.2 Å². The second-order valence-electron chi connectivity index (χ2n) is 5.75. The fourth-order valence-corrected chi connectivity index (χ4v) is 3.52. The Morgan fingerprint density at radius 3 is 2.24 bits per heavy atom. The standard InChI is InChI=1S/C15H22N5O/c1-16(11-9-7-6-8-10-11)14-17(2)12-13(18(14)3)20(5)15(21)19(12)4/h6-10,12-13H,1-5H3/q+1. The third-order valence-electron chi connectivity index (χ3n) is 4.53. The molecule has 2 amide bonds. The Morgan fingerprint density at radius 1 is 1.05 bits per heavy atom. The SMILES string of the molecule is CN(C1=[N+](C)C2C(N(C)C(=O)N2C)N1C)c1ccccc1. The zero-order valence-corrected chi connectivity index (χ0v) is 13.2. The van der Waals surface area contributed by atoms with Crippen molar-refractivity contribution < 1.29 is 9.37 Å². The smallest absolute Gasteiger partial charge is 0.290 e. The molecule has 0 N–H and O–H groups in total. The van der Waals surface area contributed by atoms with Crippen molar-refractivity contribution in [2.24, 2.45) is 0 Å². The maximum Gasteiger partial charge on any atom is 0.358 e. The van der Waals surface area contributed by atoms with Crippen LogP contribution >= 0.6 is 0 Å². The highest BCUT2D eigenvalue weighted by Gasteiger charge is 2.56. The number of hydrogen-bond donors (Lipinski definition) is 0. The molecule has 21 heavy (non-hydrogen) atoms. The molecule has 3 rings (SSSR count). The van der Waals surface area contributed by atoms with Crippen LogP contribution < -0.4 is 4.90 Å². The van der Waals surface area contributed by atoms with Crippen molar-refractivity contribution in [2.75, 3.05) is 40.1 Å². The number of amides is 2. The van der Waals surface area contributed by atoms with Crippen LogP contribution in [0.15, 0.2) is 30.3 Å². The van der Waals surface area contributed by atoms with Gasteiger partial charge in [0.25, 0.3) is 0 Å². The largest absolute Gasteiger partial charge is 0.358 e. The highest BCUT2D eigenvalue weighted by Crippen LogP contribution is 2.29. The lowest BCUT2D eigenvalue weighted by Crippen LogP contribution is -2.48. The number of carbonyl (C=O) groups excluding carboxylic acids is 1. The van der Waals surface area contributed by atoms with E-state index in [0.29, 0.717) is 0 Å². The first kappa shape index (κ1) is 13.7. The molecule has 2 unspecified atom stereocenters. The first-order chi connectivity index (χ1) is 9.95. The number of carbonyl (C=O) groups is 1. The quantitative estimate of drug-likeness (QED) is 0.714. The van der Waals surface area contributed by atoms with Gasteiger partial charge in [0.1, 0.15) is 5.69 Å². The molecule has 6 heteroatoms. The van der Waals surface area contributed by atoms with Crippen molar-refractivity contribution in [3.8, 4) is 0 Å². The average molecular weight is 288 g/mol. The molecule has 0 aromatic heterocycles. The average Bonchev–Trinajstić information content (AvgIpc) is 2.88. The lowest BCUT2D eigenvalue weighted by molar-refractivity contribution is -0.550. The van der Waals surface area contributed by atoms with E-state index in [2.05, 4.69) is 33.6 Å². The summed E-state index contributed by atoms with van der Waals surface area (Å²) in [5.41, 5.74) is 1.13. The normalized spacial score (nSPS) is 25.0. The summed E-state index contributed by atoms with van der Waals surface area (Å²) in [4.78, 5) is 20.1. The van der Waals surface area contributed by atoms with Crippen molar-refractivity contribution in [3.05, 3.63) is 30.3 Å². The number of hydrogen-bond acceptors (Lipinski definition) is 3. The van der Waals surface area contributed by atoms with Crippen LogP contribution in [0.3, 0.4) is 0 Å². The third kappa shape index (κ3) is 1.78. The van der Waals surface area contributed by atoms with Crippen LogP contribution in [-0.4, -0.2) is 78.8 Å². The second-order valence-corrected chi connectivity index (χ2v) is 5.75. The van der Waals surface area contributed by atoms with E-state index in [0.717, 1.165) is 11.6 Å². The summed E-state index contributed by atoms with van der Waals surface area (Å²) in [6, 6.07) is 10.3. The van der Waals surface area contributed by atoms with Gasteiger partial charge in [0.2, 0.25) is 12.3 Å². The van der Waals surface area contributed by atoms with E-state index in [9.17, 15) is 4.79 Å². The highest BCUT2D eigenvalue weighted by molar-refractivity contribution is 5.94. The summed E-state index contributed by atoms with van der Waals surface area (Å²) < 4.78 is 2.17. The molecule has 0 radical (unpaired) electrons. The number of benzene rings is 1.